The number of benzene rings is 1. The Morgan fingerprint density at radius 1 is 1.14 bits per heavy atom. The molecule has 0 radical (unpaired) electrons. The van der Waals surface area contributed by atoms with Crippen LogP contribution < -0.4 is 4.90 Å². The van der Waals surface area contributed by atoms with Gasteiger partial charge in [-0.05, 0) is 30.3 Å². The number of anilines is 1. The van der Waals surface area contributed by atoms with Crippen LogP contribution in [0.3, 0.4) is 0 Å². The Morgan fingerprint density at radius 3 is 2.67 bits per heavy atom. The Labute approximate surface area is 129 Å². The van der Waals surface area contributed by atoms with Gasteiger partial charge in [0.05, 0.1) is 28.5 Å². The van der Waals surface area contributed by atoms with E-state index in [4.69, 9.17) is 23.2 Å². The average molecular weight is 325 g/mol. The Hall–Kier alpha value is -1.98. The van der Waals surface area contributed by atoms with Crippen LogP contribution in [0.25, 0.3) is 0 Å². The van der Waals surface area contributed by atoms with Crippen molar-refractivity contribution in [1.82, 2.24) is 4.98 Å². The van der Waals surface area contributed by atoms with Crippen molar-refractivity contribution >= 4 is 40.6 Å². The molecule has 1 aromatic heterocycles. The first-order valence-corrected chi connectivity index (χ1v) is 6.69. The molecule has 7 heteroatoms. The van der Waals surface area contributed by atoms with Crippen molar-refractivity contribution in [1.29, 1.82) is 0 Å². The first-order valence-electron chi connectivity index (χ1n) is 5.94. The predicted octanol–water partition coefficient (Wildman–Crippen LogP) is 3.26. The minimum absolute atomic E-state index is 0.0551. The highest BCUT2D eigenvalue weighted by atomic mass is 35.5. The van der Waals surface area contributed by atoms with E-state index in [1.165, 1.54) is 12.1 Å². The van der Waals surface area contributed by atoms with Crippen molar-refractivity contribution in [3.05, 3.63) is 57.6 Å². The van der Waals surface area contributed by atoms with Gasteiger partial charge in [0, 0.05) is 0 Å². The molecule has 1 aliphatic heterocycles. The lowest BCUT2D eigenvalue weighted by molar-refractivity contribution is -0.114. The number of amides is 1. The van der Waals surface area contributed by atoms with Crippen LogP contribution in [0, 0.1) is 5.82 Å². The second-order valence-corrected chi connectivity index (χ2v) is 5.24. The summed E-state index contributed by atoms with van der Waals surface area (Å²) < 4.78 is 13.4. The summed E-state index contributed by atoms with van der Waals surface area (Å²) in [5.41, 5.74) is 0.713. The molecule has 0 saturated carbocycles. The van der Waals surface area contributed by atoms with E-state index in [2.05, 4.69) is 4.98 Å². The number of nitrogens with zero attached hydrogens (tertiary/aromatic N) is 2. The average Bonchev–Trinajstić information content (AvgIpc) is 2.67. The minimum atomic E-state index is -0.742. The fraction of sp³-hybridized carbons (Fsp3) is 0.0714. The molecule has 0 N–H and O–H groups in total. The second kappa shape index (κ2) is 5.09. The highest BCUT2D eigenvalue weighted by Gasteiger charge is 2.36. The van der Waals surface area contributed by atoms with Crippen LogP contribution in [0.5, 0.6) is 0 Å². The Bertz CT molecular complexity index is 780. The van der Waals surface area contributed by atoms with Gasteiger partial charge in [0.2, 0.25) is 0 Å². The summed E-state index contributed by atoms with van der Waals surface area (Å²) in [5, 5.41) is 0.524. The zero-order valence-corrected chi connectivity index (χ0v) is 12.0. The van der Waals surface area contributed by atoms with E-state index in [0.717, 1.165) is 17.0 Å². The van der Waals surface area contributed by atoms with Crippen LogP contribution in [-0.2, 0) is 11.3 Å². The second-order valence-electron chi connectivity index (χ2n) is 4.44. The Morgan fingerprint density at radius 2 is 1.90 bits per heavy atom. The summed E-state index contributed by atoms with van der Waals surface area (Å²) in [7, 11) is 0. The molecule has 0 bridgehead atoms. The molecular formula is C14H7Cl2FN2O2. The number of ketones is 1. The largest absolute Gasteiger partial charge is 0.299 e. The summed E-state index contributed by atoms with van der Waals surface area (Å²) in [5.74, 6) is -1.96. The van der Waals surface area contributed by atoms with Crippen LogP contribution >= 0.6 is 23.2 Å². The van der Waals surface area contributed by atoms with Crippen LogP contribution in [0.15, 0.2) is 30.3 Å². The van der Waals surface area contributed by atoms with Crippen LogP contribution in [0.2, 0.25) is 10.2 Å². The fourth-order valence-corrected chi connectivity index (χ4v) is 2.47. The van der Waals surface area contributed by atoms with Gasteiger partial charge in [-0.15, -0.1) is 0 Å². The van der Waals surface area contributed by atoms with Crippen LogP contribution in [-0.4, -0.2) is 16.7 Å². The highest BCUT2D eigenvalue weighted by Crippen LogP contribution is 2.32. The van der Waals surface area contributed by atoms with E-state index >= 15 is 0 Å². The number of carbonyl (C=O) groups is 2. The summed E-state index contributed by atoms with van der Waals surface area (Å²) >= 11 is 11.8. The van der Waals surface area contributed by atoms with E-state index in [-0.39, 0.29) is 22.9 Å². The minimum Gasteiger partial charge on any atom is -0.299 e. The number of hydrogen-bond acceptors (Lipinski definition) is 3. The van der Waals surface area contributed by atoms with Gasteiger partial charge >= 0.3 is 0 Å². The molecule has 3 rings (SSSR count). The van der Waals surface area contributed by atoms with Crippen molar-refractivity contribution in [3.63, 3.8) is 0 Å². The monoisotopic (exact) mass is 324 g/mol. The van der Waals surface area contributed by atoms with Gasteiger partial charge in [-0.2, -0.15) is 0 Å². The molecule has 0 spiro atoms. The Balaban J connectivity index is 2.04. The Kier molecular flexibility index (Phi) is 3.39. The molecule has 4 nitrogen and oxygen atoms in total. The van der Waals surface area contributed by atoms with Crippen molar-refractivity contribution in [2.75, 3.05) is 4.90 Å². The van der Waals surface area contributed by atoms with Gasteiger partial charge in [0.15, 0.2) is 0 Å². The topological polar surface area (TPSA) is 50.3 Å². The van der Waals surface area contributed by atoms with Gasteiger partial charge in [-0.1, -0.05) is 23.2 Å². The SMILES string of the molecule is O=C1C(=O)N(Cc2nc(Cl)ccc2Cl)c2cc(F)ccc21. The maximum Gasteiger partial charge on any atom is 0.299 e. The molecule has 1 amide bonds. The normalized spacial score (nSPS) is 13.8. The molecule has 0 unspecified atom stereocenters. The van der Waals surface area contributed by atoms with Gasteiger partial charge in [0.25, 0.3) is 11.7 Å². The zero-order valence-electron chi connectivity index (χ0n) is 10.4. The number of pyridine rings is 1. The predicted molar refractivity (Wildman–Crippen MR) is 76.2 cm³/mol. The standard InChI is InChI=1S/C14H7Cl2FN2O2/c15-9-3-4-12(16)18-10(9)6-19-11-5-7(17)1-2-8(11)13(20)14(19)21/h1-5H,6H2. The number of carbonyl (C=O) groups excluding carboxylic acids is 2. The zero-order chi connectivity index (χ0) is 15.1. The first kappa shape index (κ1) is 14.0. The van der Waals surface area contributed by atoms with E-state index in [1.54, 1.807) is 6.07 Å². The van der Waals surface area contributed by atoms with Crippen molar-refractivity contribution in [2.45, 2.75) is 6.54 Å². The summed E-state index contributed by atoms with van der Waals surface area (Å²) in [6.07, 6.45) is 0. The van der Waals surface area contributed by atoms with E-state index in [1.807, 2.05) is 0 Å². The molecule has 0 aliphatic carbocycles. The van der Waals surface area contributed by atoms with Crippen LogP contribution in [0.4, 0.5) is 10.1 Å². The third kappa shape index (κ3) is 2.39. The molecule has 21 heavy (non-hydrogen) atoms. The molecule has 1 aliphatic rings. The highest BCUT2D eigenvalue weighted by molar-refractivity contribution is 6.52. The quantitative estimate of drug-likeness (QED) is 0.629. The molecule has 0 atom stereocenters. The molecule has 0 saturated heterocycles. The number of halogens is 3. The molecule has 0 fully saturated rings. The van der Waals surface area contributed by atoms with Gasteiger partial charge in [-0.25, -0.2) is 9.37 Å². The first-order chi connectivity index (χ1) is 9.97. The number of rotatable bonds is 2. The third-order valence-corrected chi connectivity index (χ3v) is 3.68. The lowest BCUT2D eigenvalue weighted by Crippen LogP contribution is -2.29. The number of Topliss-reactive ketones (excluding diaryl/α,β-unsaturated/α-hetero) is 1. The van der Waals surface area contributed by atoms with Crippen LogP contribution in [0.1, 0.15) is 16.1 Å². The van der Waals surface area contributed by atoms with Crippen molar-refractivity contribution < 1.29 is 14.0 Å². The van der Waals surface area contributed by atoms with Crippen molar-refractivity contribution in [2.24, 2.45) is 0 Å². The summed E-state index contributed by atoms with van der Waals surface area (Å²) in [6.45, 7) is -0.0551. The smallest absolute Gasteiger partial charge is 0.299 e. The number of fused-ring (bicyclic) bond motifs is 1. The molecule has 106 valence electrons. The lowest BCUT2D eigenvalue weighted by atomic mass is 10.1. The summed E-state index contributed by atoms with van der Waals surface area (Å²) in [6, 6.07) is 6.62. The summed E-state index contributed by atoms with van der Waals surface area (Å²) in [4.78, 5) is 29.1. The van der Waals surface area contributed by atoms with E-state index in [0.29, 0.717) is 10.7 Å². The molecule has 1 aromatic carbocycles. The third-order valence-electron chi connectivity index (χ3n) is 3.13. The van der Waals surface area contributed by atoms with E-state index < -0.39 is 17.5 Å². The maximum absolute atomic E-state index is 13.4. The lowest BCUT2D eigenvalue weighted by Gasteiger charge is -2.16. The van der Waals surface area contributed by atoms with E-state index in [9.17, 15) is 14.0 Å². The van der Waals surface area contributed by atoms with Crippen molar-refractivity contribution in [3.8, 4) is 0 Å². The maximum atomic E-state index is 13.4. The number of aromatic nitrogens is 1. The number of hydrogen-bond donors (Lipinski definition) is 0. The molecule has 2 heterocycles. The fourth-order valence-electron chi connectivity index (χ4n) is 2.14. The molecule has 2 aromatic rings. The van der Waals surface area contributed by atoms with Gasteiger partial charge in [0.1, 0.15) is 11.0 Å². The molecular weight excluding hydrogens is 318 g/mol. The van der Waals surface area contributed by atoms with Gasteiger partial charge in [-0.3, -0.25) is 14.5 Å². The van der Waals surface area contributed by atoms with Gasteiger partial charge < -0.3 is 0 Å².